The Hall–Kier alpha value is -1.97. The number of rotatable bonds is 6. The molecule has 0 fully saturated rings. The van der Waals surface area contributed by atoms with Gasteiger partial charge in [0.25, 0.3) is 5.76 Å². The SMILES string of the molecule is CCCCOc1c(C(=O)OCC)oc2ccccc12. The van der Waals surface area contributed by atoms with Gasteiger partial charge in [-0.15, -0.1) is 0 Å². The van der Waals surface area contributed by atoms with Crippen LogP contribution >= 0.6 is 0 Å². The van der Waals surface area contributed by atoms with Gasteiger partial charge in [-0.2, -0.15) is 0 Å². The minimum absolute atomic E-state index is 0.152. The van der Waals surface area contributed by atoms with Gasteiger partial charge < -0.3 is 13.9 Å². The third-order valence-electron chi connectivity index (χ3n) is 2.76. The van der Waals surface area contributed by atoms with Crippen LogP contribution in [0.4, 0.5) is 0 Å². The topological polar surface area (TPSA) is 48.7 Å². The lowest BCUT2D eigenvalue weighted by Crippen LogP contribution is -2.06. The van der Waals surface area contributed by atoms with E-state index in [0.717, 1.165) is 18.2 Å². The number of benzene rings is 1. The summed E-state index contributed by atoms with van der Waals surface area (Å²) in [5, 5.41) is 0.807. The van der Waals surface area contributed by atoms with E-state index in [2.05, 4.69) is 6.92 Å². The summed E-state index contributed by atoms with van der Waals surface area (Å²) in [6.45, 7) is 4.72. The molecule has 19 heavy (non-hydrogen) atoms. The Morgan fingerprint density at radius 2 is 2.05 bits per heavy atom. The standard InChI is InChI=1S/C15H18O4/c1-3-5-10-18-13-11-8-6-7-9-12(11)19-14(13)15(16)17-4-2/h6-9H,3-5,10H2,1-2H3. The number of ether oxygens (including phenoxy) is 2. The predicted octanol–water partition coefficient (Wildman–Crippen LogP) is 3.79. The molecule has 0 unspecified atom stereocenters. The van der Waals surface area contributed by atoms with E-state index < -0.39 is 5.97 Å². The molecule has 4 nitrogen and oxygen atoms in total. The van der Waals surface area contributed by atoms with Crippen molar-refractivity contribution in [2.75, 3.05) is 13.2 Å². The molecule has 0 N–H and O–H groups in total. The fourth-order valence-corrected chi connectivity index (χ4v) is 1.81. The average Bonchev–Trinajstić information content (AvgIpc) is 2.79. The monoisotopic (exact) mass is 262 g/mol. The summed E-state index contributed by atoms with van der Waals surface area (Å²) in [5.74, 6) is 0.159. The minimum Gasteiger partial charge on any atom is -0.489 e. The molecule has 0 aliphatic carbocycles. The summed E-state index contributed by atoms with van der Waals surface area (Å²) in [7, 11) is 0. The van der Waals surface area contributed by atoms with Gasteiger partial charge >= 0.3 is 5.97 Å². The van der Waals surface area contributed by atoms with Crippen LogP contribution in [-0.4, -0.2) is 19.2 Å². The lowest BCUT2D eigenvalue weighted by atomic mass is 10.2. The van der Waals surface area contributed by atoms with Crippen molar-refractivity contribution in [2.45, 2.75) is 26.7 Å². The molecule has 1 aromatic heterocycles. The number of furan rings is 1. The predicted molar refractivity (Wildman–Crippen MR) is 72.6 cm³/mol. The van der Waals surface area contributed by atoms with Crippen molar-refractivity contribution in [3.05, 3.63) is 30.0 Å². The molecule has 0 amide bonds. The summed E-state index contributed by atoms with van der Waals surface area (Å²) in [5.41, 5.74) is 0.636. The van der Waals surface area contributed by atoms with E-state index in [1.165, 1.54) is 0 Å². The van der Waals surface area contributed by atoms with Gasteiger partial charge in [0.05, 0.1) is 18.6 Å². The van der Waals surface area contributed by atoms with Crippen molar-refractivity contribution in [1.29, 1.82) is 0 Å². The summed E-state index contributed by atoms with van der Waals surface area (Å²) in [6.07, 6.45) is 1.96. The lowest BCUT2D eigenvalue weighted by molar-refractivity contribution is 0.0486. The number of carbonyl (C=O) groups excluding carboxylic acids is 1. The molecule has 0 aliphatic heterocycles. The van der Waals surface area contributed by atoms with Crippen LogP contribution in [0.25, 0.3) is 11.0 Å². The third kappa shape index (κ3) is 2.89. The highest BCUT2D eigenvalue weighted by Gasteiger charge is 2.22. The number of hydrogen-bond acceptors (Lipinski definition) is 4. The van der Waals surface area contributed by atoms with Crippen LogP contribution < -0.4 is 4.74 Å². The van der Waals surface area contributed by atoms with Crippen LogP contribution in [0.3, 0.4) is 0 Å². The molecule has 102 valence electrons. The third-order valence-corrected chi connectivity index (χ3v) is 2.76. The van der Waals surface area contributed by atoms with Gasteiger partial charge in [-0.05, 0) is 25.5 Å². The van der Waals surface area contributed by atoms with Crippen molar-refractivity contribution >= 4 is 16.9 Å². The maximum Gasteiger partial charge on any atom is 0.378 e. The molecule has 0 saturated carbocycles. The fraction of sp³-hybridized carbons (Fsp3) is 0.400. The van der Waals surface area contributed by atoms with Crippen molar-refractivity contribution in [3.8, 4) is 5.75 Å². The zero-order valence-electron chi connectivity index (χ0n) is 11.3. The van der Waals surface area contributed by atoms with Crippen LogP contribution in [-0.2, 0) is 4.74 Å². The highest BCUT2D eigenvalue weighted by Crippen LogP contribution is 2.33. The number of unbranched alkanes of at least 4 members (excludes halogenated alkanes) is 1. The van der Waals surface area contributed by atoms with Gasteiger partial charge in [0.15, 0.2) is 5.75 Å². The van der Waals surface area contributed by atoms with Crippen LogP contribution in [0.15, 0.2) is 28.7 Å². The molecule has 0 spiro atoms. The van der Waals surface area contributed by atoms with Crippen molar-refractivity contribution in [2.24, 2.45) is 0 Å². The van der Waals surface area contributed by atoms with Gasteiger partial charge in [0.1, 0.15) is 5.58 Å². The largest absolute Gasteiger partial charge is 0.489 e. The van der Waals surface area contributed by atoms with Crippen LogP contribution in [0, 0.1) is 0 Å². The molecule has 0 saturated heterocycles. The molecule has 2 rings (SSSR count). The Labute approximate surface area is 112 Å². The first-order valence-corrected chi connectivity index (χ1v) is 6.59. The molecule has 4 heteroatoms. The fourth-order valence-electron chi connectivity index (χ4n) is 1.81. The molecule has 1 heterocycles. The van der Waals surface area contributed by atoms with E-state index in [4.69, 9.17) is 13.9 Å². The van der Waals surface area contributed by atoms with Gasteiger partial charge in [-0.3, -0.25) is 0 Å². The maximum atomic E-state index is 11.9. The Morgan fingerprint density at radius 1 is 1.26 bits per heavy atom. The van der Waals surface area contributed by atoms with Gasteiger partial charge in [0, 0.05) is 0 Å². The van der Waals surface area contributed by atoms with Crippen molar-refractivity contribution < 1.29 is 18.7 Å². The Balaban J connectivity index is 2.37. The summed E-state index contributed by atoms with van der Waals surface area (Å²) < 4.78 is 16.2. The van der Waals surface area contributed by atoms with E-state index in [1.807, 2.05) is 24.3 Å². The van der Waals surface area contributed by atoms with Crippen LogP contribution in [0.2, 0.25) is 0 Å². The lowest BCUT2D eigenvalue weighted by Gasteiger charge is -2.05. The normalized spacial score (nSPS) is 10.6. The number of hydrogen-bond donors (Lipinski definition) is 0. The van der Waals surface area contributed by atoms with E-state index >= 15 is 0 Å². The first kappa shape index (κ1) is 13.5. The van der Waals surface area contributed by atoms with Gasteiger partial charge in [-0.1, -0.05) is 25.5 Å². The second-order valence-electron chi connectivity index (χ2n) is 4.18. The molecule has 1 aromatic carbocycles. The maximum absolute atomic E-state index is 11.9. The molecule has 0 bridgehead atoms. The highest BCUT2D eigenvalue weighted by molar-refractivity contribution is 5.98. The Morgan fingerprint density at radius 3 is 2.79 bits per heavy atom. The number of carbonyl (C=O) groups is 1. The Bertz CT molecular complexity index is 556. The number of fused-ring (bicyclic) bond motifs is 1. The Kier molecular flexibility index (Phi) is 4.44. The molecular formula is C15H18O4. The second-order valence-corrected chi connectivity index (χ2v) is 4.18. The van der Waals surface area contributed by atoms with Crippen molar-refractivity contribution in [3.63, 3.8) is 0 Å². The van der Waals surface area contributed by atoms with Gasteiger partial charge in [0.2, 0.25) is 0 Å². The first-order valence-electron chi connectivity index (χ1n) is 6.59. The quantitative estimate of drug-likeness (QED) is 0.587. The van der Waals surface area contributed by atoms with E-state index in [-0.39, 0.29) is 5.76 Å². The summed E-state index contributed by atoms with van der Waals surface area (Å²) >= 11 is 0. The molecular weight excluding hydrogens is 244 g/mol. The number of para-hydroxylation sites is 1. The second kappa shape index (κ2) is 6.27. The zero-order chi connectivity index (χ0) is 13.7. The first-order chi connectivity index (χ1) is 9.27. The van der Waals surface area contributed by atoms with E-state index in [9.17, 15) is 4.79 Å². The number of esters is 1. The van der Waals surface area contributed by atoms with E-state index in [0.29, 0.717) is 24.5 Å². The highest BCUT2D eigenvalue weighted by atomic mass is 16.6. The molecule has 0 radical (unpaired) electrons. The van der Waals surface area contributed by atoms with Crippen molar-refractivity contribution in [1.82, 2.24) is 0 Å². The minimum atomic E-state index is -0.481. The molecule has 0 aliphatic rings. The summed E-state index contributed by atoms with van der Waals surface area (Å²) in [4.78, 5) is 11.9. The van der Waals surface area contributed by atoms with Crippen LogP contribution in [0.1, 0.15) is 37.2 Å². The zero-order valence-corrected chi connectivity index (χ0v) is 11.3. The average molecular weight is 262 g/mol. The van der Waals surface area contributed by atoms with Gasteiger partial charge in [-0.25, -0.2) is 4.79 Å². The molecule has 0 atom stereocenters. The van der Waals surface area contributed by atoms with E-state index in [1.54, 1.807) is 6.92 Å². The summed E-state index contributed by atoms with van der Waals surface area (Å²) in [6, 6.07) is 7.43. The molecule has 2 aromatic rings. The smallest absolute Gasteiger partial charge is 0.378 e. The van der Waals surface area contributed by atoms with Crippen LogP contribution in [0.5, 0.6) is 5.75 Å².